The minimum absolute atomic E-state index is 0.00317. The van der Waals surface area contributed by atoms with Crippen LogP contribution in [0.15, 0.2) is 42.7 Å². The molecule has 0 spiro atoms. The highest BCUT2D eigenvalue weighted by Crippen LogP contribution is 2.18. The van der Waals surface area contributed by atoms with Crippen molar-refractivity contribution in [3.8, 4) is 0 Å². The highest BCUT2D eigenvalue weighted by atomic mass is 16.2. The van der Waals surface area contributed by atoms with Gasteiger partial charge in [0.15, 0.2) is 5.78 Å². The highest BCUT2D eigenvalue weighted by Gasteiger charge is 2.09. The molecule has 1 N–H and O–H groups in total. The number of aryl methyl sites for hydroxylation is 2. The summed E-state index contributed by atoms with van der Waals surface area (Å²) < 4.78 is 1.83. The Bertz CT molecular complexity index is 924. The van der Waals surface area contributed by atoms with Crippen molar-refractivity contribution in [3.05, 3.63) is 59.4 Å². The lowest BCUT2D eigenvalue weighted by Crippen LogP contribution is -2.18. The normalized spacial score (nSPS) is 10.8. The van der Waals surface area contributed by atoms with Gasteiger partial charge in [0.1, 0.15) is 6.54 Å². The maximum absolute atomic E-state index is 12.3. The zero-order chi connectivity index (χ0) is 17.3. The maximum Gasteiger partial charge on any atom is 0.244 e. The minimum atomic E-state index is -0.136. The van der Waals surface area contributed by atoms with E-state index < -0.39 is 0 Å². The lowest BCUT2D eigenvalue weighted by Gasteiger charge is -2.08. The molecule has 24 heavy (non-hydrogen) atoms. The standard InChI is InChI=1S/C19H19N3O2/c1-12-8-17-18(9-13(12)2)22(11-20-17)10-19(24)21-16-6-4-15(5-7-16)14(3)23/h4-9,11H,10H2,1-3H3,(H,21,24). The molecule has 3 aromatic rings. The van der Waals surface area contributed by atoms with Crippen LogP contribution in [0.3, 0.4) is 0 Å². The number of aromatic nitrogens is 2. The van der Waals surface area contributed by atoms with Crippen LogP contribution >= 0.6 is 0 Å². The maximum atomic E-state index is 12.3. The van der Waals surface area contributed by atoms with Crippen LogP contribution < -0.4 is 5.32 Å². The van der Waals surface area contributed by atoms with Gasteiger partial charge in [-0.15, -0.1) is 0 Å². The molecule has 1 aromatic heterocycles. The molecule has 0 bridgehead atoms. The number of hydrogen-bond donors (Lipinski definition) is 1. The molecule has 0 aliphatic rings. The number of amides is 1. The Morgan fingerprint density at radius 2 is 1.75 bits per heavy atom. The number of carbonyl (C=O) groups excluding carboxylic acids is 2. The molecule has 0 aliphatic heterocycles. The Hall–Kier alpha value is -2.95. The molecule has 2 aromatic carbocycles. The van der Waals surface area contributed by atoms with E-state index in [4.69, 9.17) is 0 Å². The van der Waals surface area contributed by atoms with Crippen LogP contribution in [-0.4, -0.2) is 21.2 Å². The van der Waals surface area contributed by atoms with E-state index in [2.05, 4.69) is 10.3 Å². The monoisotopic (exact) mass is 321 g/mol. The molecule has 5 nitrogen and oxygen atoms in total. The quantitative estimate of drug-likeness (QED) is 0.748. The third-order valence-electron chi connectivity index (χ3n) is 4.13. The first kappa shape index (κ1) is 15.9. The van der Waals surface area contributed by atoms with Crippen LogP contribution in [0.1, 0.15) is 28.4 Å². The van der Waals surface area contributed by atoms with Crippen LogP contribution in [0.4, 0.5) is 5.69 Å². The van der Waals surface area contributed by atoms with Gasteiger partial charge in [-0.05, 0) is 68.3 Å². The molecule has 5 heteroatoms. The van der Waals surface area contributed by atoms with E-state index in [0.29, 0.717) is 11.3 Å². The summed E-state index contributed by atoms with van der Waals surface area (Å²) in [4.78, 5) is 27.9. The van der Waals surface area contributed by atoms with E-state index in [-0.39, 0.29) is 18.2 Å². The number of fused-ring (bicyclic) bond motifs is 1. The largest absolute Gasteiger partial charge is 0.325 e. The van der Waals surface area contributed by atoms with Gasteiger partial charge in [-0.2, -0.15) is 0 Å². The first-order valence-electron chi connectivity index (χ1n) is 7.77. The Kier molecular flexibility index (Phi) is 4.16. The van der Waals surface area contributed by atoms with Gasteiger partial charge in [-0.1, -0.05) is 0 Å². The topological polar surface area (TPSA) is 64.0 Å². The number of rotatable bonds is 4. The fourth-order valence-corrected chi connectivity index (χ4v) is 2.58. The number of benzene rings is 2. The first-order valence-corrected chi connectivity index (χ1v) is 7.77. The van der Waals surface area contributed by atoms with Crippen molar-refractivity contribution in [2.75, 3.05) is 5.32 Å². The molecule has 0 aliphatic carbocycles. The summed E-state index contributed by atoms with van der Waals surface area (Å²) in [6, 6.07) is 10.9. The molecule has 1 amide bonds. The summed E-state index contributed by atoms with van der Waals surface area (Å²) in [5.41, 5.74) is 5.48. The molecule has 1 heterocycles. The van der Waals surface area contributed by atoms with Gasteiger partial charge in [-0.25, -0.2) is 4.98 Å². The highest BCUT2D eigenvalue weighted by molar-refractivity contribution is 5.95. The SMILES string of the molecule is CC(=O)c1ccc(NC(=O)Cn2cnc3cc(C)c(C)cc32)cc1. The number of imidazole rings is 1. The van der Waals surface area contributed by atoms with Crippen molar-refractivity contribution >= 4 is 28.4 Å². The van der Waals surface area contributed by atoms with Crippen molar-refractivity contribution in [2.24, 2.45) is 0 Å². The lowest BCUT2D eigenvalue weighted by molar-refractivity contribution is -0.116. The molecule has 0 saturated heterocycles. The minimum Gasteiger partial charge on any atom is -0.325 e. The van der Waals surface area contributed by atoms with Gasteiger partial charge in [0.25, 0.3) is 0 Å². The first-order chi connectivity index (χ1) is 11.4. The van der Waals surface area contributed by atoms with E-state index in [0.717, 1.165) is 11.0 Å². The number of nitrogens with one attached hydrogen (secondary N) is 1. The number of hydrogen-bond acceptors (Lipinski definition) is 3. The number of ketones is 1. The van der Waals surface area contributed by atoms with Gasteiger partial charge >= 0.3 is 0 Å². The fourth-order valence-electron chi connectivity index (χ4n) is 2.58. The predicted octanol–water partition coefficient (Wildman–Crippen LogP) is 3.49. The summed E-state index contributed by atoms with van der Waals surface area (Å²) in [6.07, 6.45) is 1.68. The number of anilines is 1. The molecular weight excluding hydrogens is 302 g/mol. The van der Waals surface area contributed by atoms with Gasteiger partial charge < -0.3 is 9.88 Å². The Morgan fingerprint density at radius 1 is 1.08 bits per heavy atom. The summed E-state index contributed by atoms with van der Waals surface area (Å²) in [6.45, 7) is 5.79. The zero-order valence-electron chi connectivity index (χ0n) is 14.0. The Labute approximate surface area is 140 Å². The van der Waals surface area contributed by atoms with Gasteiger partial charge in [0, 0.05) is 11.3 Å². The lowest BCUT2D eigenvalue weighted by atomic mass is 10.1. The van der Waals surface area contributed by atoms with Crippen molar-refractivity contribution in [1.29, 1.82) is 0 Å². The third-order valence-corrected chi connectivity index (χ3v) is 4.13. The van der Waals surface area contributed by atoms with Crippen molar-refractivity contribution in [3.63, 3.8) is 0 Å². The van der Waals surface area contributed by atoms with Crippen LogP contribution in [0.2, 0.25) is 0 Å². The average Bonchev–Trinajstić information content (AvgIpc) is 2.90. The second kappa shape index (κ2) is 6.28. The summed E-state index contributed by atoms with van der Waals surface area (Å²) in [5, 5.41) is 2.84. The number of nitrogens with zero attached hydrogens (tertiary/aromatic N) is 2. The molecule has 0 radical (unpaired) electrons. The van der Waals surface area contributed by atoms with Gasteiger partial charge in [0.2, 0.25) is 5.91 Å². The van der Waals surface area contributed by atoms with Gasteiger partial charge in [0.05, 0.1) is 17.4 Å². The van der Waals surface area contributed by atoms with Crippen LogP contribution in [0.25, 0.3) is 11.0 Å². The Balaban J connectivity index is 1.75. The molecule has 122 valence electrons. The van der Waals surface area contributed by atoms with Crippen LogP contribution in [-0.2, 0) is 11.3 Å². The van der Waals surface area contributed by atoms with E-state index in [1.807, 2.05) is 30.5 Å². The van der Waals surface area contributed by atoms with Crippen molar-refractivity contribution < 1.29 is 9.59 Å². The van der Waals surface area contributed by atoms with E-state index in [9.17, 15) is 9.59 Å². The molecule has 0 unspecified atom stereocenters. The number of Topliss-reactive ketones (excluding diaryl/α,β-unsaturated/α-hetero) is 1. The average molecular weight is 321 g/mol. The fraction of sp³-hybridized carbons (Fsp3) is 0.211. The van der Waals surface area contributed by atoms with Gasteiger partial charge in [-0.3, -0.25) is 9.59 Å². The van der Waals surface area contributed by atoms with E-state index in [1.165, 1.54) is 18.1 Å². The second-order valence-corrected chi connectivity index (χ2v) is 5.98. The third kappa shape index (κ3) is 3.20. The Morgan fingerprint density at radius 3 is 2.42 bits per heavy atom. The van der Waals surface area contributed by atoms with Crippen molar-refractivity contribution in [1.82, 2.24) is 9.55 Å². The van der Waals surface area contributed by atoms with E-state index in [1.54, 1.807) is 30.6 Å². The molecular formula is C19H19N3O2. The van der Waals surface area contributed by atoms with Crippen LogP contribution in [0, 0.1) is 13.8 Å². The van der Waals surface area contributed by atoms with Crippen molar-refractivity contribution in [2.45, 2.75) is 27.3 Å². The predicted molar refractivity (Wildman–Crippen MR) is 94.3 cm³/mol. The number of carbonyl (C=O) groups is 2. The van der Waals surface area contributed by atoms with Crippen LogP contribution in [0.5, 0.6) is 0 Å². The summed E-state index contributed by atoms with van der Waals surface area (Å²) in [5.74, 6) is -0.133. The second-order valence-electron chi connectivity index (χ2n) is 5.98. The molecule has 0 saturated carbocycles. The summed E-state index contributed by atoms with van der Waals surface area (Å²) >= 11 is 0. The molecule has 3 rings (SSSR count). The molecule has 0 atom stereocenters. The van der Waals surface area contributed by atoms with E-state index >= 15 is 0 Å². The zero-order valence-corrected chi connectivity index (χ0v) is 14.0. The molecule has 0 fully saturated rings. The summed E-state index contributed by atoms with van der Waals surface area (Å²) in [7, 11) is 0. The smallest absolute Gasteiger partial charge is 0.244 e.